The largest absolute Gasteiger partial charge is 0.353 e. The Balaban J connectivity index is 1.47. The molecule has 0 atom stereocenters. The first-order chi connectivity index (χ1) is 11.2. The number of ketones is 1. The lowest BCUT2D eigenvalue weighted by atomic mass is 10.1. The van der Waals surface area contributed by atoms with Gasteiger partial charge in [0.1, 0.15) is 0 Å². The third-order valence-corrected chi connectivity index (χ3v) is 4.00. The Morgan fingerprint density at radius 1 is 1.04 bits per heavy atom. The average molecular weight is 307 g/mol. The van der Waals surface area contributed by atoms with E-state index in [9.17, 15) is 9.59 Å². The number of allylic oxidation sites excluding steroid dienone is 1. The van der Waals surface area contributed by atoms with Gasteiger partial charge in [0.05, 0.1) is 0 Å². The molecule has 23 heavy (non-hydrogen) atoms. The molecule has 1 N–H and O–H groups in total. The normalized spacial score (nSPS) is 14.3. The number of amides is 1. The van der Waals surface area contributed by atoms with Crippen LogP contribution in [0.1, 0.15) is 37.7 Å². The van der Waals surface area contributed by atoms with Gasteiger partial charge in [-0.05, 0) is 47.7 Å². The number of carbonyl (C=O) groups is 2. The molecule has 1 amide bonds. The van der Waals surface area contributed by atoms with Gasteiger partial charge in [-0.1, -0.05) is 42.5 Å². The van der Waals surface area contributed by atoms with Crippen molar-refractivity contribution in [2.75, 3.05) is 0 Å². The molecule has 1 aliphatic carbocycles. The van der Waals surface area contributed by atoms with Crippen LogP contribution >= 0.6 is 0 Å². The lowest BCUT2D eigenvalue weighted by Gasteiger charge is -2.01. The van der Waals surface area contributed by atoms with Crippen LogP contribution in [0.15, 0.2) is 48.5 Å². The first-order valence-corrected chi connectivity index (χ1v) is 8.20. The summed E-state index contributed by atoms with van der Waals surface area (Å²) in [4.78, 5) is 23.4. The Labute approximate surface area is 136 Å². The van der Waals surface area contributed by atoms with Crippen LogP contribution in [0.2, 0.25) is 0 Å². The molecule has 1 fully saturated rings. The van der Waals surface area contributed by atoms with E-state index in [0.29, 0.717) is 25.3 Å². The second-order valence-corrected chi connectivity index (χ2v) is 6.10. The summed E-state index contributed by atoms with van der Waals surface area (Å²) in [7, 11) is 0. The molecule has 0 spiro atoms. The molecule has 3 heteroatoms. The van der Waals surface area contributed by atoms with Gasteiger partial charge in [0.2, 0.25) is 5.91 Å². The van der Waals surface area contributed by atoms with Crippen LogP contribution in [0.3, 0.4) is 0 Å². The lowest BCUT2D eigenvalue weighted by molar-refractivity contribution is -0.121. The minimum atomic E-state index is 0.0670. The number of nitrogens with one attached hydrogen (secondary N) is 1. The van der Waals surface area contributed by atoms with Crippen LogP contribution in [-0.4, -0.2) is 17.7 Å². The molecule has 3 rings (SSSR count). The minimum Gasteiger partial charge on any atom is -0.353 e. The minimum absolute atomic E-state index is 0.0670. The number of hydrogen-bond acceptors (Lipinski definition) is 2. The van der Waals surface area contributed by atoms with E-state index in [1.807, 2.05) is 24.3 Å². The molecule has 2 aromatic carbocycles. The van der Waals surface area contributed by atoms with Crippen molar-refractivity contribution in [1.29, 1.82) is 0 Å². The monoisotopic (exact) mass is 307 g/mol. The number of hydrogen-bond donors (Lipinski definition) is 1. The van der Waals surface area contributed by atoms with Crippen LogP contribution < -0.4 is 5.32 Å². The van der Waals surface area contributed by atoms with Gasteiger partial charge in [-0.25, -0.2) is 0 Å². The highest BCUT2D eigenvalue weighted by atomic mass is 16.1. The molecule has 2 aromatic rings. The van der Waals surface area contributed by atoms with E-state index in [1.54, 1.807) is 6.08 Å². The van der Waals surface area contributed by atoms with Crippen molar-refractivity contribution >= 4 is 28.5 Å². The summed E-state index contributed by atoms with van der Waals surface area (Å²) in [5.74, 6) is 0.135. The summed E-state index contributed by atoms with van der Waals surface area (Å²) in [5, 5.41) is 5.29. The van der Waals surface area contributed by atoms with Crippen molar-refractivity contribution in [3.05, 3.63) is 54.1 Å². The summed E-state index contributed by atoms with van der Waals surface area (Å²) >= 11 is 0. The molecule has 1 saturated carbocycles. The maximum absolute atomic E-state index is 11.9. The van der Waals surface area contributed by atoms with Gasteiger partial charge in [-0.2, -0.15) is 0 Å². The number of carbonyl (C=O) groups excluding carboxylic acids is 2. The lowest BCUT2D eigenvalue weighted by Crippen LogP contribution is -2.24. The summed E-state index contributed by atoms with van der Waals surface area (Å²) in [6.07, 6.45) is 7.12. The van der Waals surface area contributed by atoms with Gasteiger partial charge in [0.25, 0.3) is 0 Å². The summed E-state index contributed by atoms with van der Waals surface area (Å²) in [5.41, 5.74) is 1.02. The van der Waals surface area contributed by atoms with Gasteiger partial charge in [-0.15, -0.1) is 0 Å². The van der Waals surface area contributed by atoms with Crippen molar-refractivity contribution in [2.24, 2.45) is 0 Å². The van der Waals surface area contributed by atoms with E-state index in [-0.39, 0.29) is 11.7 Å². The molecule has 0 unspecified atom stereocenters. The maximum Gasteiger partial charge on any atom is 0.220 e. The summed E-state index contributed by atoms with van der Waals surface area (Å²) < 4.78 is 0. The van der Waals surface area contributed by atoms with E-state index < -0.39 is 0 Å². The SMILES string of the molecule is O=C(/C=C/c1ccc2ccccc2c1)CCCC(=O)NC1CC1. The van der Waals surface area contributed by atoms with Crippen molar-refractivity contribution in [1.82, 2.24) is 5.32 Å². The van der Waals surface area contributed by atoms with Crippen molar-refractivity contribution in [2.45, 2.75) is 38.1 Å². The molecule has 118 valence electrons. The summed E-state index contributed by atoms with van der Waals surface area (Å²) in [6, 6.07) is 14.7. The topological polar surface area (TPSA) is 46.2 Å². The van der Waals surface area contributed by atoms with E-state index in [0.717, 1.165) is 18.4 Å². The van der Waals surface area contributed by atoms with Crippen LogP contribution in [0.5, 0.6) is 0 Å². The smallest absolute Gasteiger partial charge is 0.220 e. The van der Waals surface area contributed by atoms with Crippen LogP contribution in [0, 0.1) is 0 Å². The number of benzene rings is 2. The Kier molecular flexibility index (Phi) is 4.86. The summed E-state index contributed by atoms with van der Waals surface area (Å²) in [6.45, 7) is 0. The molecular weight excluding hydrogens is 286 g/mol. The third kappa shape index (κ3) is 4.78. The molecule has 0 aromatic heterocycles. The zero-order valence-corrected chi connectivity index (χ0v) is 13.1. The highest BCUT2D eigenvalue weighted by Crippen LogP contribution is 2.19. The van der Waals surface area contributed by atoms with Gasteiger partial charge in [0, 0.05) is 18.9 Å². The van der Waals surface area contributed by atoms with Gasteiger partial charge in [-0.3, -0.25) is 9.59 Å². The van der Waals surface area contributed by atoms with E-state index in [2.05, 4.69) is 29.6 Å². The van der Waals surface area contributed by atoms with Gasteiger partial charge >= 0.3 is 0 Å². The molecule has 3 nitrogen and oxygen atoms in total. The maximum atomic E-state index is 11.9. The van der Waals surface area contributed by atoms with Crippen LogP contribution in [0.4, 0.5) is 0 Å². The Morgan fingerprint density at radius 3 is 2.61 bits per heavy atom. The highest BCUT2D eigenvalue weighted by molar-refractivity contribution is 5.94. The van der Waals surface area contributed by atoms with E-state index >= 15 is 0 Å². The predicted octanol–water partition coefficient (Wildman–Crippen LogP) is 3.87. The average Bonchev–Trinajstić information content (AvgIpc) is 3.36. The Hall–Kier alpha value is -2.42. The molecule has 0 heterocycles. The standard InChI is InChI=1S/C20H21NO2/c22-19(6-3-7-20(23)21-18-11-12-18)13-9-15-8-10-16-4-1-2-5-17(16)14-15/h1-2,4-5,8-10,13-14,18H,3,6-7,11-12H2,(H,21,23)/b13-9+. The van der Waals surface area contributed by atoms with Crippen molar-refractivity contribution in [3.63, 3.8) is 0 Å². The van der Waals surface area contributed by atoms with Gasteiger partial charge < -0.3 is 5.32 Å². The fourth-order valence-electron chi connectivity index (χ4n) is 2.53. The highest BCUT2D eigenvalue weighted by Gasteiger charge is 2.22. The van der Waals surface area contributed by atoms with Crippen molar-refractivity contribution < 1.29 is 9.59 Å². The first-order valence-electron chi connectivity index (χ1n) is 8.20. The number of fused-ring (bicyclic) bond motifs is 1. The zero-order valence-electron chi connectivity index (χ0n) is 13.1. The fraction of sp³-hybridized carbons (Fsp3) is 0.300. The molecule has 0 bridgehead atoms. The van der Waals surface area contributed by atoms with E-state index in [4.69, 9.17) is 0 Å². The molecule has 1 aliphatic rings. The van der Waals surface area contributed by atoms with Gasteiger partial charge in [0.15, 0.2) is 5.78 Å². The Bertz CT molecular complexity index is 744. The predicted molar refractivity (Wildman–Crippen MR) is 93.0 cm³/mol. The molecule has 0 radical (unpaired) electrons. The first kappa shape index (κ1) is 15.5. The second kappa shape index (κ2) is 7.23. The second-order valence-electron chi connectivity index (χ2n) is 6.10. The van der Waals surface area contributed by atoms with E-state index in [1.165, 1.54) is 10.8 Å². The quantitative estimate of drug-likeness (QED) is 0.789. The van der Waals surface area contributed by atoms with Crippen molar-refractivity contribution in [3.8, 4) is 0 Å². The molecule has 0 saturated heterocycles. The Morgan fingerprint density at radius 2 is 1.83 bits per heavy atom. The molecular formula is C20H21NO2. The zero-order chi connectivity index (χ0) is 16.1. The third-order valence-electron chi connectivity index (χ3n) is 4.00. The van der Waals surface area contributed by atoms with Crippen LogP contribution in [0.25, 0.3) is 16.8 Å². The number of rotatable bonds is 7. The van der Waals surface area contributed by atoms with Crippen LogP contribution in [-0.2, 0) is 9.59 Å². The molecule has 0 aliphatic heterocycles. The fourth-order valence-corrected chi connectivity index (χ4v) is 2.53.